The molecule has 1 fully saturated rings. The van der Waals surface area contributed by atoms with Crippen molar-refractivity contribution in [1.29, 1.82) is 0 Å². The Balaban J connectivity index is 1.65. The predicted octanol–water partition coefficient (Wildman–Crippen LogP) is 3.29. The van der Waals surface area contributed by atoms with Crippen LogP contribution in [0.5, 0.6) is 0 Å². The average Bonchev–Trinajstić information content (AvgIpc) is 2.68. The summed E-state index contributed by atoms with van der Waals surface area (Å²) in [5, 5.41) is 3.13. The highest BCUT2D eigenvalue weighted by molar-refractivity contribution is 5.87. The second kappa shape index (κ2) is 9.67. The summed E-state index contributed by atoms with van der Waals surface area (Å²) in [4.78, 5) is 15.5. The Labute approximate surface area is 162 Å². The first-order valence-corrected chi connectivity index (χ1v) is 9.85. The van der Waals surface area contributed by atoms with E-state index >= 15 is 0 Å². The number of carbonyl (C=O) groups is 1. The van der Waals surface area contributed by atoms with Crippen LogP contribution in [0.15, 0.2) is 60.7 Å². The molecule has 4 nitrogen and oxygen atoms in total. The largest absolute Gasteiger partial charge is 0.374 e. The summed E-state index contributed by atoms with van der Waals surface area (Å²) in [5.41, 5.74) is 2.01. The van der Waals surface area contributed by atoms with Gasteiger partial charge in [-0.25, -0.2) is 0 Å². The van der Waals surface area contributed by atoms with Crippen LogP contribution < -0.4 is 5.32 Å². The van der Waals surface area contributed by atoms with Gasteiger partial charge in [0.2, 0.25) is 5.91 Å². The first-order chi connectivity index (χ1) is 13.1. The van der Waals surface area contributed by atoms with Crippen molar-refractivity contribution in [3.63, 3.8) is 0 Å². The highest BCUT2D eigenvalue weighted by Gasteiger charge is 2.25. The van der Waals surface area contributed by atoms with Crippen LogP contribution >= 0.6 is 0 Å². The molecule has 1 aliphatic heterocycles. The quantitative estimate of drug-likeness (QED) is 0.818. The molecule has 1 N–H and O–H groups in total. The fourth-order valence-corrected chi connectivity index (χ4v) is 3.69. The minimum absolute atomic E-state index is 0.0250. The van der Waals surface area contributed by atoms with Gasteiger partial charge in [-0.05, 0) is 17.0 Å². The topological polar surface area (TPSA) is 41.6 Å². The number of rotatable bonds is 7. The van der Waals surface area contributed by atoms with Crippen LogP contribution in [0.3, 0.4) is 0 Å². The highest BCUT2D eigenvalue weighted by Crippen LogP contribution is 2.24. The number of ether oxygens (including phenoxy) is 1. The molecule has 1 saturated heterocycles. The van der Waals surface area contributed by atoms with Crippen LogP contribution in [0.4, 0.5) is 0 Å². The van der Waals surface area contributed by atoms with E-state index in [4.69, 9.17) is 4.74 Å². The molecule has 1 heterocycles. The monoisotopic (exact) mass is 366 g/mol. The average molecular weight is 367 g/mol. The van der Waals surface area contributed by atoms with Crippen molar-refractivity contribution in [2.24, 2.45) is 5.92 Å². The predicted molar refractivity (Wildman–Crippen MR) is 109 cm³/mol. The van der Waals surface area contributed by atoms with Crippen LogP contribution in [0, 0.1) is 5.92 Å². The minimum Gasteiger partial charge on any atom is -0.374 e. The third-order valence-corrected chi connectivity index (χ3v) is 4.88. The van der Waals surface area contributed by atoms with Gasteiger partial charge in [-0.2, -0.15) is 0 Å². The third kappa shape index (κ3) is 5.65. The minimum atomic E-state index is -0.303. The molecular formula is C23H30N2O2. The first kappa shape index (κ1) is 19.6. The molecule has 4 heteroatoms. The van der Waals surface area contributed by atoms with E-state index in [-0.39, 0.29) is 17.9 Å². The number of nitrogens with one attached hydrogen (secondary N) is 1. The van der Waals surface area contributed by atoms with Crippen LogP contribution in [0.2, 0.25) is 0 Å². The SMILES string of the molecule is CC(C)CN1CCOC(CNC(=O)C(c2ccccc2)c2ccccc2)C1. The Kier molecular flexibility index (Phi) is 7.02. The fourth-order valence-electron chi connectivity index (χ4n) is 3.69. The Morgan fingerprint density at radius 1 is 1.07 bits per heavy atom. The van der Waals surface area contributed by atoms with Gasteiger partial charge in [-0.1, -0.05) is 74.5 Å². The van der Waals surface area contributed by atoms with Gasteiger partial charge >= 0.3 is 0 Å². The molecule has 27 heavy (non-hydrogen) atoms. The normalized spacial score (nSPS) is 18.0. The van der Waals surface area contributed by atoms with E-state index in [0.717, 1.165) is 37.4 Å². The van der Waals surface area contributed by atoms with Crippen LogP contribution in [0.25, 0.3) is 0 Å². The smallest absolute Gasteiger partial charge is 0.232 e. The second-order valence-corrected chi connectivity index (χ2v) is 7.65. The summed E-state index contributed by atoms with van der Waals surface area (Å²) in [7, 11) is 0. The van der Waals surface area contributed by atoms with Crippen LogP contribution in [-0.2, 0) is 9.53 Å². The lowest BCUT2D eigenvalue weighted by Gasteiger charge is -2.34. The van der Waals surface area contributed by atoms with E-state index < -0.39 is 0 Å². The zero-order chi connectivity index (χ0) is 19.1. The molecule has 2 aromatic rings. The van der Waals surface area contributed by atoms with E-state index in [0.29, 0.717) is 12.5 Å². The van der Waals surface area contributed by atoms with Crippen molar-refractivity contribution in [3.8, 4) is 0 Å². The van der Waals surface area contributed by atoms with E-state index in [9.17, 15) is 4.79 Å². The molecule has 0 aliphatic carbocycles. The van der Waals surface area contributed by atoms with Gasteiger partial charge in [0.15, 0.2) is 0 Å². The summed E-state index contributed by atoms with van der Waals surface area (Å²) in [6.07, 6.45) is 0.0497. The zero-order valence-electron chi connectivity index (χ0n) is 16.3. The maximum absolute atomic E-state index is 13.1. The van der Waals surface area contributed by atoms with Gasteiger partial charge < -0.3 is 10.1 Å². The summed E-state index contributed by atoms with van der Waals surface area (Å²) >= 11 is 0. The summed E-state index contributed by atoms with van der Waals surface area (Å²) < 4.78 is 5.87. The fraction of sp³-hybridized carbons (Fsp3) is 0.435. The van der Waals surface area contributed by atoms with E-state index in [1.807, 2.05) is 60.7 Å². The van der Waals surface area contributed by atoms with Gasteiger partial charge in [0, 0.05) is 26.2 Å². The van der Waals surface area contributed by atoms with Crippen molar-refractivity contribution in [2.75, 3.05) is 32.8 Å². The molecule has 2 aromatic carbocycles. The number of morpholine rings is 1. The molecule has 1 unspecified atom stereocenters. The van der Waals surface area contributed by atoms with Crippen molar-refractivity contribution >= 4 is 5.91 Å². The Hall–Kier alpha value is -2.17. The Bertz CT molecular complexity index is 663. The maximum Gasteiger partial charge on any atom is 0.232 e. The van der Waals surface area contributed by atoms with Gasteiger partial charge in [0.1, 0.15) is 0 Å². The van der Waals surface area contributed by atoms with E-state index in [2.05, 4.69) is 24.1 Å². The number of benzene rings is 2. The number of amides is 1. The number of nitrogens with zero attached hydrogens (tertiary/aromatic N) is 1. The lowest BCUT2D eigenvalue weighted by atomic mass is 9.90. The van der Waals surface area contributed by atoms with Crippen molar-refractivity contribution < 1.29 is 9.53 Å². The van der Waals surface area contributed by atoms with Gasteiger partial charge in [-0.3, -0.25) is 9.69 Å². The standard InChI is InChI=1S/C23H30N2O2/c1-18(2)16-25-13-14-27-21(17-25)15-24-23(26)22(19-9-5-3-6-10-19)20-11-7-4-8-12-20/h3-12,18,21-22H,13-17H2,1-2H3,(H,24,26). The maximum atomic E-state index is 13.1. The molecule has 0 radical (unpaired) electrons. The second-order valence-electron chi connectivity index (χ2n) is 7.65. The molecule has 3 rings (SSSR count). The molecule has 0 bridgehead atoms. The first-order valence-electron chi connectivity index (χ1n) is 9.85. The lowest BCUT2D eigenvalue weighted by Crippen LogP contribution is -2.48. The van der Waals surface area contributed by atoms with Crippen LogP contribution in [-0.4, -0.2) is 49.7 Å². The van der Waals surface area contributed by atoms with Gasteiger partial charge in [0.05, 0.1) is 18.6 Å². The number of hydrogen-bond donors (Lipinski definition) is 1. The van der Waals surface area contributed by atoms with Crippen molar-refractivity contribution in [3.05, 3.63) is 71.8 Å². The molecule has 0 spiro atoms. The third-order valence-electron chi connectivity index (χ3n) is 4.88. The van der Waals surface area contributed by atoms with E-state index in [1.165, 1.54) is 0 Å². The summed E-state index contributed by atoms with van der Waals surface area (Å²) in [5.74, 6) is 0.360. The zero-order valence-corrected chi connectivity index (χ0v) is 16.3. The van der Waals surface area contributed by atoms with Crippen molar-refractivity contribution in [2.45, 2.75) is 25.9 Å². The summed E-state index contributed by atoms with van der Waals surface area (Å²) in [6, 6.07) is 19.9. The molecule has 144 valence electrons. The Morgan fingerprint density at radius 2 is 1.67 bits per heavy atom. The molecule has 1 atom stereocenters. The van der Waals surface area contributed by atoms with Gasteiger partial charge in [0.25, 0.3) is 0 Å². The van der Waals surface area contributed by atoms with Crippen molar-refractivity contribution in [1.82, 2.24) is 10.2 Å². The number of hydrogen-bond acceptors (Lipinski definition) is 3. The lowest BCUT2D eigenvalue weighted by molar-refractivity contribution is -0.123. The molecular weight excluding hydrogens is 336 g/mol. The van der Waals surface area contributed by atoms with Crippen LogP contribution in [0.1, 0.15) is 30.9 Å². The molecule has 0 saturated carbocycles. The van der Waals surface area contributed by atoms with Gasteiger partial charge in [-0.15, -0.1) is 0 Å². The number of carbonyl (C=O) groups excluding carboxylic acids is 1. The Morgan fingerprint density at radius 3 is 2.22 bits per heavy atom. The molecule has 1 amide bonds. The highest BCUT2D eigenvalue weighted by atomic mass is 16.5. The van der Waals surface area contributed by atoms with E-state index in [1.54, 1.807) is 0 Å². The molecule has 1 aliphatic rings. The molecule has 0 aromatic heterocycles. The summed E-state index contributed by atoms with van der Waals surface area (Å²) in [6.45, 7) is 8.66.